The summed E-state index contributed by atoms with van der Waals surface area (Å²) in [7, 11) is 0. The molecule has 0 spiro atoms. The lowest BCUT2D eigenvalue weighted by molar-refractivity contribution is -0.115. The number of thioether (sulfide) groups is 1. The minimum atomic E-state index is -0.700. The van der Waals surface area contributed by atoms with Gasteiger partial charge in [0.05, 0.1) is 6.42 Å². The Balaban J connectivity index is 1.59. The van der Waals surface area contributed by atoms with E-state index >= 15 is 0 Å². The summed E-state index contributed by atoms with van der Waals surface area (Å²) >= 11 is 7.82. The van der Waals surface area contributed by atoms with Gasteiger partial charge in [0.1, 0.15) is 23.1 Å². The molecule has 0 saturated heterocycles. The van der Waals surface area contributed by atoms with Crippen molar-refractivity contribution in [1.82, 2.24) is 0 Å². The highest BCUT2D eigenvalue weighted by molar-refractivity contribution is 7.99. The Morgan fingerprint density at radius 1 is 0.943 bits per heavy atom. The molecule has 0 aromatic heterocycles. The largest absolute Gasteiger partial charge is 0.457 e. The lowest BCUT2D eigenvalue weighted by atomic mass is 10.0. The smallest absolute Gasteiger partial charge is 0.228 e. The average Bonchev–Trinajstić information content (AvgIpc) is 2.80. The van der Waals surface area contributed by atoms with Crippen molar-refractivity contribution in [3.8, 4) is 22.6 Å². The van der Waals surface area contributed by atoms with Crippen LogP contribution in [0, 0.1) is 11.6 Å². The molecule has 0 heterocycles. The molecule has 4 aromatic carbocycles. The number of anilines is 1. The van der Waals surface area contributed by atoms with Crippen LogP contribution in [0.3, 0.4) is 0 Å². The van der Waals surface area contributed by atoms with Crippen molar-refractivity contribution in [2.45, 2.75) is 18.2 Å². The van der Waals surface area contributed by atoms with E-state index in [1.165, 1.54) is 12.1 Å². The fraction of sp³-hybridized carbons (Fsp3) is 0.107. The fourth-order valence-corrected chi connectivity index (χ4v) is 4.39. The van der Waals surface area contributed by atoms with Gasteiger partial charge < -0.3 is 10.1 Å². The SMILES string of the molecule is CCSc1ccc(CC(=O)Nc2ccc(-c3cc(F)cc(F)c3)c(Oc3cccc(Cl)c3)c2)cc1. The van der Waals surface area contributed by atoms with E-state index in [4.69, 9.17) is 16.3 Å². The van der Waals surface area contributed by atoms with Gasteiger partial charge in [0.2, 0.25) is 5.91 Å². The number of nitrogens with one attached hydrogen (secondary N) is 1. The van der Waals surface area contributed by atoms with E-state index in [2.05, 4.69) is 12.2 Å². The molecule has 3 nitrogen and oxygen atoms in total. The van der Waals surface area contributed by atoms with Crippen LogP contribution in [0.5, 0.6) is 11.5 Å². The number of hydrogen-bond donors (Lipinski definition) is 1. The maximum atomic E-state index is 13.9. The number of carbonyl (C=O) groups excluding carboxylic acids is 1. The monoisotopic (exact) mass is 509 g/mol. The zero-order chi connectivity index (χ0) is 24.8. The van der Waals surface area contributed by atoms with Gasteiger partial charge >= 0.3 is 0 Å². The van der Waals surface area contributed by atoms with Crippen molar-refractivity contribution in [3.05, 3.63) is 107 Å². The van der Waals surface area contributed by atoms with Crippen LogP contribution in [0.2, 0.25) is 5.02 Å². The third-order valence-electron chi connectivity index (χ3n) is 5.06. The van der Waals surface area contributed by atoms with Gasteiger partial charge in [0.25, 0.3) is 0 Å². The van der Waals surface area contributed by atoms with Crippen LogP contribution in [-0.4, -0.2) is 11.7 Å². The van der Waals surface area contributed by atoms with E-state index in [1.807, 2.05) is 24.3 Å². The number of amides is 1. The van der Waals surface area contributed by atoms with Crippen molar-refractivity contribution in [2.24, 2.45) is 0 Å². The summed E-state index contributed by atoms with van der Waals surface area (Å²) in [5, 5.41) is 3.35. The molecular weight excluding hydrogens is 488 g/mol. The van der Waals surface area contributed by atoms with E-state index in [9.17, 15) is 13.6 Å². The molecule has 0 unspecified atom stereocenters. The lowest BCUT2D eigenvalue weighted by Crippen LogP contribution is -2.14. The van der Waals surface area contributed by atoms with Gasteiger partial charge in [-0.1, -0.05) is 36.7 Å². The third kappa shape index (κ3) is 6.84. The highest BCUT2D eigenvalue weighted by Gasteiger charge is 2.13. The lowest BCUT2D eigenvalue weighted by Gasteiger charge is -2.15. The summed E-state index contributed by atoms with van der Waals surface area (Å²) < 4.78 is 33.8. The first-order valence-corrected chi connectivity index (χ1v) is 12.3. The fourth-order valence-electron chi connectivity index (χ4n) is 3.55. The quantitative estimate of drug-likeness (QED) is 0.242. The Morgan fingerprint density at radius 3 is 2.37 bits per heavy atom. The van der Waals surface area contributed by atoms with Gasteiger partial charge in [0, 0.05) is 33.3 Å². The summed E-state index contributed by atoms with van der Waals surface area (Å²) in [6.07, 6.45) is 0.207. The van der Waals surface area contributed by atoms with Gasteiger partial charge in [0.15, 0.2) is 0 Å². The molecule has 0 bridgehead atoms. The second-order valence-corrected chi connectivity index (χ2v) is 9.50. The molecule has 0 aliphatic heterocycles. The standard InChI is InChI=1S/C28H22ClF2NO2S/c1-2-35-25-9-6-18(7-10-25)12-28(33)32-23-8-11-26(19-13-21(30)16-22(31)14-19)27(17-23)34-24-5-3-4-20(29)15-24/h3-11,13-17H,2,12H2,1H3,(H,32,33). The summed E-state index contributed by atoms with van der Waals surface area (Å²) in [6.45, 7) is 2.09. The van der Waals surface area contributed by atoms with Crippen LogP contribution in [-0.2, 0) is 11.2 Å². The number of hydrogen-bond acceptors (Lipinski definition) is 3. The minimum Gasteiger partial charge on any atom is -0.457 e. The highest BCUT2D eigenvalue weighted by Crippen LogP contribution is 2.37. The van der Waals surface area contributed by atoms with E-state index in [0.717, 1.165) is 22.3 Å². The maximum absolute atomic E-state index is 13.9. The Morgan fingerprint density at radius 2 is 1.69 bits per heavy atom. The summed E-state index contributed by atoms with van der Waals surface area (Å²) in [5.41, 5.74) is 2.16. The zero-order valence-corrected chi connectivity index (χ0v) is 20.4. The Kier molecular flexibility index (Phi) is 8.06. The summed E-state index contributed by atoms with van der Waals surface area (Å²) in [6, 6.07) is 22.9. The molecular formula is C28H22ClF2NO2S. The van der Waals surface area contributed by atoms with Crippen molar-refractivity contribution in [1.29, 1.82) is 0 Å². The first-order chi connectivity index (χ1) is 16.9. The van der Waals surface area contributed by atoms with Gasteiger partial charge in [-0.25, -0.2) is 8.78 Å². The molecule has 0 saturated carbocycles. The van der Waals surface area contributed by atoms with Crippen molar-refractivity contribution < 1.29 is 18.3 Å². The number of ether oxygens (including phenoxy) is 1. The van der Waals surface area contributed by atoms with Crippen LogP contribution in [0.4, 0.5) is 14.5 Å². The average molecular weight is 510 g/mol. The Bertz CT molecular complexity index is 1330. The molecule has 0 radical (unpaired) electrons. The molecule has 0 aliphatic rings. The second kappa shape index (κ2) is 11.4. The van der Waals surface area contributed by atoms with Crippen LogP contribution >= 0.6 is 23.4 Å². The molecule has 4 rings (SSSR count). The first-order valence-electron chi connectivity index (χ1n) is 10.9. The van der Waals surface area contributed by atoms with Crippen molar-refractivity contribution in [3.63, 3.8) is 0 Å². The van der Waals surface area contributed by atoms with Crippen molar-refractivity contribution in [2.75, 3.05) is 11.1 Å². The van der Waals surface area contributed by atoms with Crippen LogP contribution in [0.15, 0.2) is 89.8 Å². The number of halogens is 3. The van der Waals surface area contributed by atoms with Gasteiger partial charge in [-0.05, 0) is 71.5 Å². The molecule has 7 heteroatoms. The summed E-state index contributed by atoms with van der Waals surface area (Å²) in [5.74, 6) is 0.153. The number of rotatable bonds is 8. The van der Waals surface area contributed by atoms with Crippen LogP contribution in [0.25, 0.3) is 11.1 Å². The predicted octanol–water partition coefficient (Wildman–Crippen LogP) is 8.37. The normalized spacial score (nSPS) is 10.7. The number of carbonyl (C=O) groups is 1. The van der Waals surface area contributed by atoms with Crippen molar-refractivity contribution >= 4 is 35.0 Å². The molecule has 4 aromatic rings. The molecule has 35 heavy (non-hydrogen) atoms. The molecule has 0 aliphatic carbocycles. The van der Waals surface area contributed by atoms with Crippen LogP contribution in [0.1, 0.15) is 12.5 Å². The van der Waals surface area contributed by atoms with Gasteiger partial charge in [-0.15, -0.1) is 11.8 Å². The predicted molar refractivity (Wildman–Crippen MR) is 138 cm³/mol. The zero-order valence-electron chi connectivity index (χ0n) is 18.9. The molecule has 0 atom stereocenters. The molecule has 178 valence electrons. The first kappa shape index (κ1) is 24.8. The van der Waals surface area contributed by atoms with E-state index in [1.54, 1.807) is 54.2 Å². The van der Waals surface area contributed by atoms with Crippen LogP contribution < -0.4 is 10.1 Å². The highest BCUT2D eigenvalue weighted by atomic mass is 35.5. The van der Waals surface area contributed by atoms with E-state index < -0.39 is 11.6 Å². The van der Waals surface area contributed by atoms with Gasteiger partial charge in [-0.2, -0.15) is 0 Å². The number of benzene rings is 4. The molecule has 1 N–H and O–H groups in total. The maximum Gasteiger partial charge on any atom is 0.228 e. The van der Waals surface area contributed by atoms with E-state index in [-0.39, 0.29) is 12.3 Å². The molecule has 0 fully saturated rings. The minimum absolute atomic E-state index is 0.195. The Labute approximate surface area is 212 Å². The summed E-state index contributed by atoms with van der Waals surface area (Å²) in [4.78, 5) is 13.8. The van der Waals surface area contributed by atoms with Gasteiger partial charge in [-0.3, -0.25) is 4.79 Å². The Hall–Kier alpha value is -3.35. The second-order valence-electron chi connectivity index (χ2n) is 7.73. The van der Waals surface area contributed by atoms with E-state index in [0.29, 0.717) is 33.3 Å². The molecule has 1 amide bonds. The topological polar surface area (TPSA) is 38.3 Å². The third-order valence-corrected chi connectivity index (χ3v) is 6.19.